The van der Waals surface area contributed by atoms with Crippen LogP contribution in [0, 0.1) is 0 Å². The number of benzene rings is 2. The summed E-state index contributed by atoms with van der Waals surface area (Å²) in [4.78, 5) is 16.9. The van der Waals surface area contributed by atoms with Crippen LogP contribution in [0.15, 0.2) is 59.6 Å². The third-order valence-corrected chi connectivity index (χ3v) is 6.59. The third kappa shape index (κ3) is 6.07. The second-order valence-electron chi connectivity index (χ2n) is 7.78. The molecule has 10 heteroatoms. The van der Waals surface area contributed by atoms with E-state index in [2.05, 4.69) is 31.4 Å². The number of hydrogen-bond acceptors (Lipinski definition) is 9. The van der Waals surface area contributed by atoms with Crippen LogP contribution < -0.4 is 29.3 Å². The van der Waals surface area contributed by atoms with Crippen LogP contribution in [0.25, 0.3) is 0 Å². The highest BCUT2D eigenvalue weighted by molar-refractivity contribution is 7.99. The molecule has 35 heavy (non-hydrogen) atoms. The Kier molecular flexibility index (Phi) is 8.15. The number of carbonyl (C=O) groups excluding carboxylic acids is 1. The number of hydrogen-bond donors (Lipinski definition) is 1. The van der Waals surface area contributed by atoms with Crippen molar-refractivity contribution in [2.24, 2.45) is 0 Å². The van der Waals surface area contributed by atoms with Crippen LogP contribution in [0.2, 0.25) is 0 Å². The number of nitrogens with one attached hydrogen (secondary N) is 1. The molecule has 0 bridgehead atoms. The van der Waals surface area contributed by atoms with Gasteiger partial charge in [-0.25, -0.2) is 0 Å². The summed E-state index contributed by atoms with van der Waals surface area (Å²) in [5, 5.41) is 12.3. The smallest absolute Gasteiger partial charge is 0.234 e. The van der Waals surface area contributed by atoms with Gasteiger partial charge in [-0.1, -0.05) is 23.9 Å². The van der Waals surface area contributed by atoms with E-state index in [0.717, 1.165) is 43.4 Å². The SMILES string of the molecule is COc1ccc(NC(=O)CSc2ccc(N3CCN(c4ccccc4OC)CC3)nn2)cc1OC. The lowest BCUT2D eigenvalue weighted by molar-refractivity contribution is -0.113. The van der Waals surface area contributed by atoms with Crippen LogP contribution in [0.5, 0.6) is 17.2 Å². The largest absolute Gasteiger partial charge is 0.495 e. The number of piperazine rings is 1. The molecule has 1 N–H and O–H groups in total. The van der Waals surface area contributed by atoms with Crippen LogP contribution in [-0.2, 0) is 4.79 Å². The molecular formula is C25H29N5O4S. The molecule has 0 saturated carbocycles. The molecule has 0 spiro atoms. The van der Waals surface area contributed by atoms with E-state index in [4.69, 9.17) is 14.2 Å². The Morgan fingerprint density at radius 1 is 0.857 bits per heavy atom. The Morgan fingerprint density at radius 2 is 1.57 bits per heavy atom. The number of para-hydroxylation sites is 2. The molecule has 2 heterocycles. The summed E-state index contributed by atoms with van der Waals surface area (Å²) in [6.07, 6.45) is 0. The first-order valence-electron chi connectivity index (χ1n) is 11.2. The van der Waals surface area contributed by atoms with E-state index >= 15 is 0 Å². The Hall–Kier alpha value is -3.66. The zero-order valence-electron chi connectivity index (χ0n) is 20.1. The van der Waals surface area contributed by atoms with E-state index in [-0.39, 0.29) is 11.7 Å². The molecule has 4 rings (SSSR count). The molecular weight excluding hydrogens is 466 g/mol. The van der Waals surface area contributed by atoms with Crippen molar-refractivity contribution in [3.63, 3.8) is 0 Å². The molecule has 0 unspecified atom stereocenters. The zero-order chi connectivity index (χ0) is 24.6. The van der Waals surface area contributed by atoms with Gasteiger partial charge in [0.05, 0.1) is 32.8 Å². The maximum absolute atomic E-state index is 12.4. The summed E-state index contributed by atoms with van der Waals surface area (Å²) < 4.78 is 16.0. The van der Waals surface area contributed by atoms with Gasteiger partial charge in [0.25, 0.3) is 0 Å². The Morgan fingerprint density at radius 3 is 2.26 bits per heavy atom. The van der Waals surface area contributed by atoms with Gasteiger partial charge < -0.3 is 29.3 Å². The van der Waals surface area contributed by atoms with Crippen LogP contribution >= 0.6 is 11.8 Å². The molecule has 184 valence electrons. The monoisotopic (exact) mass is 495 g/mol. The third-order valence-electron chi connectivity index (χ3n) is 5.67. The van der Waals surface area contributed by atoms with Crippen molar-refractivity contribution in [2.75, 3.05) is 68.4 Å². The molecule has 1 saturated heterocycles. The number of methoxy groups -OCH3 is 3. The van der Waals surface area contributed by atoms with Crippen molar-refractivity contribution in [3.8, 4) is 17.2 Å². The average molecular weight is 496 g/mol. The Bertz CT molecular complexity index is 1140. The topological polar surface area (TPSA) is 89.1 Å². The van der Waals surface area contributed by atoms with E-state index in [1.165, 1.54) is 11.8 Å². The lowest BCUT2D eigenvalue weighted by Gasteiger charge is -2.37. The second-order valence-corrected chi connectivity index (χ2v) is 8.78. The van der Waals surface area contributed by atoms with E-state index < -0.39 is 0 Å². The summed E-state index contributed by atoms with van der Waals surface area (Å²) in [5.74, 6) is 2.97. The number of nitrogens with zero attached hydrogens (tertiary/aromatic N) is 4. The first-order chi connectivity index (χ1) is 17.1. The molecule has 2 aromatic carbocycles. The molecule has 0 atom stereocenters. The van der Waals surface area contributed by atoms with E-state index in [9.17, 15) is 4.79 Å². The van der Waals surface area contributed by atoms with Crippen LogP contribution in [0.3, 0.4) is 0 Å². The maximum atomic E-state index is 12.4. The number of ether oxygens (including phenoxy) is 3. The summed E-state index contributed by atoms with van der Waals surface area (Å²) in [7, 11) is 4.83. The maximum Gasteiger partial charge on any atom is 0.234 e. The second kappa shape index (κ2) is 11.7. The van der Waals surface area contributed by atoms with Gasteiger partial charge in [-0.3, -0.25) is 4.79 Å². The van der Waals surface area contributed by atoms with Crippen molar-refractivity contribution >= 4 is 34.9 Å². The molecule has 1 aliphatic heterocycles. The molecule has 9 nitrogen and oxygen atoms in total. The first-order valence-corrected chi connectivity index (χ1v) is 12.2. The van der Waals surface area contributed by atoms with Crippen molar-refractivity contribution in [1.82, 2.24) is 10.2 Å². The van der Waals surface area contributed by atoms with Gasteiger partial charge in [-0.2, -0.15) is 0 Å². The molecule has 3 aromatic rings. The normalized spacial score (nSPS) is 13.3. The van der Waals surface area contributed by atoms with E-state index in [0.29, 0.717) is 22.2 Å². The molecule has 1 aromatic heterocycles. The van der Waals surface area contributed by atoms with Gasteiger partial charge in [0.15, 0.2) is 17.3 Å². The molecule has 1 amide bonds. The van der Waals surface area contributed by atoms with Gasteiger partial charge in [-0.05, 0) is 36.4 Å². The highest BCUT2D eigenvalue weighted by Crippen LogP contribution is 2.30. The van der Waals surface area contributed by atoms with Crippen molar-refractivity contribution in [3.05, 3.63) is 54.6 Å². The average Bonchev–Trinajstić information content (AvgIpc) is 2.92. The highest BCUT2D eigenvalue weighted by Gasteiger charge is 2.20. The fourth-order valence-corrected chi connectivity index (χ4v) is 4.49. The number of amides is 1. The summed E-state index contributed by atoms with van der Waals surface area (Å²) in [6.45, 7) is 3.42. The van der Waals surface area contributed by atoms with E-state index in [1.54, 1.807) is 39.5 Å². The fourth-order valence-electron chi connectivity index (χ4n) is 3.88. The van der Waals surface area contributed by atoms with Crippen LogP contribution in [-0.4, -0.2) is 69.4 Å². The Balaban J connectivity index is 1.27. The Labute approximate surface area is 209 Å². The van der Waals surface area contributed by atoms with Crippen molar-refractivity contribution in [1.29, 1.82) is 0 Å². The lowest BCUT2D eigenvalue weighted by atomic mass is 10.2. The zero-order valence-corrected chi connectivity index (χ0v) is 20.9. The highest BCUT2D eigenvalue weighted by atomic mass is 32.2. The van der Waals surface area contributed by atoms with Gasteiger partial charge in [0.1, 0.15) is 10.8 Å². The fraction of sp³-hybridized carbons (Fsp3) is 0.320. The lowest BCUT2D eigenvalue weighted by Crippen LogP contribution is -2.47. The van der Waals surface area contributed by atoms with Crippen molar-refractivity contribution < 1.29 is 19.0 Å². The molecule has 1 aliphatic rings. The minimum atomic E-state index is -0.138. The van der Waals surface area contributed by atoms with Crippen LogP contribution in [0.1, 0.15) is 0 Å². The molecule has 0 aliphatic carbocycles. The number of anilines is 3. The summed E-state index contributed by atoms with van der Waals surface area (Å²) >= 11 is 1.34. The number of aromatic nitrogens is 2. The predicted molar refractivity (Wildman–Crippen MR) is 138 cm³/mol. The minimum Gasteiger partial charge on any atom is -0.495 e. The number of rotatable bonds is 9. The van der Waals surface area contributed by atoms with Gasteiger partial charge in [0.2, 0.25) is 5.91 Å². The predicted octanol–water partition coefficient (Wildman–Crippen LogP) is 3.56. The van der Waals surface area contributed by atoms with Crippen molar-refractivity contribution in [2.45, 2.75) is 5.03 Å². The quantitative estimate of drug-likeness (QED) is 0.448. The first kappa shape index (κ1) is 24.5. The van der Waals surface area contributed by atoms with Gasteiger partial charge in [0, 0.05) is 37.9 Å². The molecule has 1 fully saturated rings. The van der Waals surface area contributed by atoms with Gasteiger partial charge >= 0.3 is 0 Å². The number of carbonyl (C=O) groups is 1. The summed E-state index contributed by atoms with van der Waals surface area (Å²) in [5.41, 5.74) is 1.75. The standard InChI is InChI=1S/C25H29N5O4S/c1-32-20-7-5-4-6-19(20)29-12-14-30(15-13-29)23-10-11-25(28-27-23)35-17-24(31)26-18-8-9-21(33-2)22(16-18)34-3/h4-11,16H,12-15,17H2,1-3H3,(H,26,31). The molecule has 0 radical (unpaired) electrons. The number of thioether (sulfide) groups is 1. The van der Waals surface area contributed by atoms with Crippen LogP contribution in [0.4, 0.5) is 17.2 Å². The van der Waals surface area contributed by atoms with E-state index in [1.807, 2.05) is 30.3 Å². The van der Waals surface area contributed by atoms with Gasteiger partial charge in [-0.15, -0.1) is 10.2 Å². The summed E-state index contributed by atoms with van der Waals surface area (Å²) in [6, 6.07) is 17.2. The minimum absolute atomic E-state index is 0.138.